The minimum Gasteiger partial charge on any atom is -0.339 e. The lowest BCUT2D eigenvalue weighted by molar-refractivity contribution is 0.303. The number of rotatable bonds is 4. The van der Waals surface area contributed by atoms with Crippen molar-refractivity contribution in [1.29, 1.82) is 0 Å². The second-order valence-electron chi connectivity index (χ2n) is 6.70. The first-order chi connectivity index (χ1) is 12.6. The Labute approximate surface area is 150 Å². The van der Waals surface area contributed by atoms with Gasteiger partial charge in [0.1, 0.15) is 0 Å². The summed E-state index contributed by atoms with van der Waals surface area (Å²) in [5, 5.41) is 4.11. The van der Waals surface area contributed by atoms with Crippen LogP contribution in [-0.4, -0.2) is 28.1 Å². The molecule has 2 heterocycles. The molecule has 2 aromatic carbocycles. The lowest BCUT2D eigenvalue weighted by atomic mass is 10.1. The fourth-order valence-electron chi connectivity index (χ4n) is 3.42. The molecule has 0 spiro atoms. The third-order valence-electron chi connectivity index (χ3n) is 4.87. The molecule has 1 aliphatic rings. The van der Waals surface area contributed by atoms with Gasteiger partial charge in [0.15, 0.2) is 11.6 Å². The summed E-state index contributed by atoms with van der Waals surface area (Å²) in [6.45, 7) is 3.85. The molecule has 1 fully saturated rings. The van der Waals surface area contributed by atoms with Gasteiger partial charge in [-0.3, -0.25) is 4.90 Å². The second kappa shape index (κ2) is 6.96. The van der Waals surface area contributed by atoms with Crippen LogP contribution in [0.4, 0.5) is 8.78 Å². The molecule has 1 saturated heterocycles. The minimum absolute atomic E-state index is 0.108. The smallest absolute Gasteiger partial charge is 0.231 e. The summed E-state index contributed by atoms with van der Waals surface area (Å²) in [7, 11) is 0. The van der Waals surface area contributed by atoms with Crippen molar-refractivity contribution in [3.63, 3.8) is 0 Å². The molecular formula is C20H19F2N3O. The first kappa shape index (κ1) is 16.8. The summed E-state index contributed by atoms with van der Waals surface area (Å²) in [4.78, 5) is 6.64. The molecule has 1 aliphatic heterocycles. The molecule has 0 saturated carbocycles. The average molecular weight is 355 g/mol. The van der Waals surface area contributed by atoms with Gasteiger partial charge in [-0.25, -0.2) is 8.78 Å². The predicted octanol–water partition coefficient (Wildman–Crippen LogP) is 4.31. The van der Waals surface area contributed by atoms with E-state index < -0.39 is 11.6 Å². The predicted molar refractivity (Wildman–Crippen MR) is 93.5 cm³/mol. The molecule has 4 nitrogen and oxygen atoms in total. The molecule has 0 unspecified atom stereocenters. The molecule has 0 N–H and O–H groups in total. The topological polar surface area (TPSA) is 42.2 Å². The molecular weight excluding hydrogens is 336 g/mol. The highest BCUT2D eigenvalue weighted by Gasteiger charge is 2.29. The van der Waals surface area contributed by atoms with Gasteiger partial charge in [0, 0.05) is 24.2 Å². The standard InChI is InChI=1S/C20H19F2N3O/c1-13-5-2-3-7-16(13)19-23-20(26-24-19)15-9-10-25(12-15)11-14-6-4-8-17(21)18(14)22/h2-8,15H,9-12H2,1H3/t15-/m1/s1. The summed E-state index contributed by atoms with van der Waals surface area (Å²) in [5.74, 6) is -0.274. The van der Waals surface area contributed by atoms with Gasteiger partial charge in [-0.1, -0.05) is 41.6 Å². The number of benzene rings is 2. The van der Waals surface area contributed by atoms with Gasteiger partial charge in [0.05, 0.1) is 5.92 Å². The Morgan fingerprint density at radius 1 is 1.15 bits per heavy atom. The first-order valence-corrected chi connectivity index (χ1v) is 8.66. The van der Waals surface area contributed by atoms with Crippen molar-refractivity contribution in [1.82, 2.24) is 15.0 Å². The number of hydrogen-bond acceptors (Lipinski definition) is 4. The van der Waals surface area contributed by atoms with Gasteiger partial charge in [-0.2, -0.15) is 4.98 Å². The summed E-state index contributed by atoms with van der Waals surface area (Å²) in [6.07, 6.45) is 0.854. The molecule has 1 atom stereocenters. The zero-order chi connectivity index (χ0) is 18.1. The van der Waals surface area contributed by atoms with Crippen molar-refractivity contribution in [2.24, 2.45) is 0 Å². The maximum Gasteiger partial charge on any atom is 0.231 e. The quantitative estimate of drug-likeness (QED) is 0.699. The highest BCUT2D eigenvalue weighted by atomic mass is 19.2. The molecule has 1 aromatic heterocycles. The average Bonchev–Trinajstić information content (AvgIpc) is 3.29. The highest BCUT2D eigenvalue weighted by Crippen LogP contribution is 2.29. The van der Waals surface area contributed by atoms with Crippen LogP contribution >= 0.6 is 0 Å². The second-order valence-corrected chi connectivity index (χ2v) is 6.70. The van der Waals surface area contributed by atoms with Gasteiger partial charge >= 0.3 is 0 Å². The summed E-state index contributed by atoms with van der Waals surface area (Å²) in [6, 6.07) is 12.2. The van der Waals surface area contributed by atoms with E-state index in [1.54, 1.807) is 6.07 Å². The van der Waals surface area contributed by atoms with Crippen LogP contribution in [0.2, 0.25) is 0 Å². The van der Waals surface area contributed by atoms with E-state index in [2.05, 4.69) is 15.0 Å². The van der Waals surface area contributed by atoms with Crippen LogP contribution < -0.4 is 0 Å². The van der Waals surface area contributed by atoms with E-state index in [1.807, 2.05) is 31.2 Å². The normalized spacial score (nSPS) is 17.7. The Kier molecular flexibility index (Phi) is 4.51. The Hall–Kier alpha value is -2.60. The molecule has 134 valence electrons. The Morgan fingerprint density at radius 2 is 2.00 bits per heavy atom. The van der Waals surface area contributed by atoms with Crippen molar-refractivity contribution in [2.75, 3.05) is 13.1 Å². The van der Waals surface area contributed by atoms with Crippen molar-refractivity contribution in [2.45, 2.75) is 25.8 Å². The van der Waals surface area contributed by atoms with Crippen molar-refractivity contribution < 1.29 is 13.3 Å². The van der Waals surface area contributed by atoms with Gasteiger partial charge in [0.2, 0.25) is 11.7 Å². The largest absolute Gasteiger partial charge is 0.339 e. The lowest BCUT2D eigenvalue weighted by Gasteiger charge is -2.15. The van der Waals surface area contributed by atoms with Crippen LogP contribution in [0.3, 0.4) is 0 Å². The number of halogens is 2. The van der Waals surface area contributed by atoms with Crippen molar-refractivity contribution in [3.8, 4) is 11.4 Å². The van der Waals surface area contributed by atoms with E-state index in [9.17, 15) is 8.78 Å². The van der Waals surface area contributed by atoms with Gasteiger partial charge < -0.3 is 4.52 Å². The van der Waals surface area contributed by atoms with E-state index in [0.29, 0.717) is 30.4 Å². The van der Waals surface area contributed by atoms with Crippen molar-refractivity contribution in [3.05, 3.63) is 71.1 Å². The maximum absolute atomic E-state index is 13.9. The third kappa shape index (κ3) is 3.24. The van der Waals surface area contributed by atoms with Crippen LogP contribution in [0.1, 0.15) is 29.4 Å². The molecule has 6 heteroatoms. The summed E-state index contributed by atoms with van der Waals surface area (Å²) >= 11 is 0. The molecule has 0 bridgehead atoms. The van der Waals surface area contributed by atoms with Crippen LogP contribution in [0.25, 0.3) is 11.4 Å². The number of likely N-dealkylation sites (tertiary alicyclic amines) is 1. The van der Waals surface area contributed by atoms with E-state index in [-0.39, 0.29) is 5.92 Å². The SMILES string of the molecule is Cc1ccccc1-c1noc([C@@H]2CCN(Cc3cccc(F)c3F)C2)n1. The number of aryl methyl sites for hydroxylation is 1. The molecule has 0 aliphatic carbocycles. The Balaban J connectivity index is 1.46. The summed E-state index contributed by atoms with van der Waals surface area (Å²) < 4.78 is 32.7. The third-order valence-corrected chi connectivity index (χ3v) is 4.87. The van der Waals surface area contributed by atoms with E-state index >= 15 is 0 Å². The highest BCUT2D eigenvalue weighted by molar-refractivity contribution is 5.59. The molecule has 26 heavy (non-hydrogen) atoms. The molecule has 0 amide bonds. The van der Waals surface area contributed by atoms with Crippen LogP contribution in [-0.2, 0) is 6.54 Å². The van der Waals surface area contributed by atoms with E-state index in [1.165, 1.54) is 6.07 Å². The number of nitrogens with zero attached hydrogens (tertiary/aromatic N) is 3. The van der Waals surface area contributed by atoms with E-state index in [4.69, 9.17) is 4.52 Å². The van der Waals surface area contributed by atoms with Gasteiger partial charge in [-0.05, 0) is 31.5 Å². The fourth-order valence-corrected chi connectivity index (χ4v) is 3.42. The Morgan fingerprint density at radius 3 is 2.85 bits per heavy atom. The van der Waals surface area contributed by atoms with Crippen LogP contribution in [0.15, 0.2) is 47.0 Å². The monoisotopic (exact) mass is 355 g/mol. The summed E-state index contributed by atoms with van der Waals surface area (Å²) in [5.41, 5.74) is 2.42. The molecule has 4 rings (SSSR count). The lowest BCUT2D eigenvalue weighted by Crippen LogP contribution is -2.20. The number of hydrogen-bond donors (Lipinski definition) is 0. The zero-order valence-corrected chi connectivity index (χ0v) is 14.5. The van der Waals surface area contributed by atoms with E-state index in [0.717, 1.165) is 30.2 Å². The maximum atomic E-state index is 13.9. The van der Waals surface area contributed by atoms with Gasteiger partial charge in [0.25, 0.3) is 0 Å². The van der Waals surface area contributed by atoms with Crippen LogP contribution in [0.5, 0.6) is 0 Å². The first-order valence-electron chi connectivity index (χ1n) is 8.66. The fraction of sp³-hybridized carbons (Fsp3) is 0.300. The molecule has 0 radical (unpaired) electrons. The minimum atomic E-state index is -0.807. The Bertz CT molecular complexity index is 925. The zero-order valence-electron chi connectivity index (χ0n) is 14.5. The number of aromatic nitrogens is 2. The molecule has 3 aromatic rings. The van der Waals surface area contributed by atoms with Crippen LogP contribution in [0, 0.1) is 18.6 Å². The van der Waals surface area contributed by atoms with Gasteiger partial charge in [-0.15, -0.1) is 0 Å². The van der Waals surface area contributed by atoms with Crippen molar-refractivity contribution >= 4 is 0 Å².